The second-order valence-corrected chi connectivity index (χ2v) is 6.41. The normalized spacial score (nSPS) is 13.0. The van der Waals surface area contributed by atoms with E-state index in [0.29, 0.717) is 42.9 Å². The van der Waals surface area contributed by atoms with Gasteiger partial charge in [-0.2, -0.15) is 0 Å². The molecule has 0 spiro atoms. The number of rotatable bonds is 7. The summed E-state index contributed by atoms with van der Waals surface area (Å²) in [5.41, 5.74) is 1.49. The van der Waals surface area contributed by atoms with E-state index < -0.39 is 11.8 Å². The summed E-state index contributed by atoms with van der Waals surface area (Å²) in [6, 6.07) is 11.3. The second-order valence-electron chi connectivity index (χ2n) is 6.01. The van der Waals surface area contributed by atoms with Crippen LogP contribution in [0.1, 0.15) is 40.5 Å². The summed E-state index contributed by atoms with van der Waals surface area (Å²) in [7, 11) is 0. The lowest BCUT2D eigenvalue weighted by Gasteiger charge is -2.16. The fourth-order valence-electron chi connectivity index (χ4n) is 2.88. The molecule has 3 amide bonds. The van der Waals surface area contributed by atoms with E-state index in [1.54, 1.807) is 36.4 Å². The van der Waals surface area contributed by atoms with Crippen LogP contribution in [0.25, 0.3) is 0 Å². The second kappa shape index (κ2) is 8.33. The van der Waals surface area contributed by atoms with Crippen molar-refractivity contribution >= 4 is 40.7 Å². The lowest BCUT2D eigenvalue weighted by atomic mass is 10.1. The summed E-state index contributed by atoms with van der Waals surface area (Å²) >= 11 is 6.29. The third-order valence-corrected chi connectivity index (χ3v) is 4.47. The predicted octanol–water partition coefficient (Wildman–Crippen LogP) is 3.90. The quantitative estimate of drug-likeness (QED) is 0.578. The van der Waals surface area contributed by atoms with Gasteiger partial charge in [0.15, 0.2) is 0 Å². The van der Waals surface area contributed by atoms with Crippen molar-refractivity contribution in [2.75, 3.05) is 23.4 Å². The molecule has 0 aromatic heterocycles. The number of amides is 3. The van der Waals surface area contributed by atoms with Crippen molar-refractivity contribution in [1.29, 1.82) is 0 Å². The smallest absolute Gasteiger partial charge is 0.266 e. The molecule has 7 heteroatoms. The Labute approximate surface area is 162 Å². The molecule has 0 radical (unpaired) electrons. The van der Waals surface area contributed by atoms with Gasteiger partial charge in [-0.3, -0.25) is 14.4 Å². The Balaban J connectivity index is 1.72. The molecule has 1 N–H and O–H groups in total. The van der Waals surface area contributed by atoms with Crippen LogP contribution in [0, 0.1) is 0 Å². The van der Waals surface area contributed by atoms with Crippen molar-refractivity contribution in [3.8, 4) is 0 Å². The van der Waals surface area contributed by atoms with Gasteiger partial charge >= 0.3 is 0 Å². The Bertz CT molecular complexity index is 862. The lowest BCUT2D eigenvalue weighted by molar-refractivity contribution is -0.116. The molecule has 0 bridgehead atoms. The van der Waals surface area contributed by atoms with E-state index in [2.05, 4.69) is 5.32 Å². The molecule has 140 valence electrons. The Morgan fingerprint density at radius 1 is 1.11 bits per heavy atom. The molecule has 6 nitrogen and oxygen atoms in total. The molecular weight excluding hydrogens is 368 g/mol. The fourth-order valence-corrected chi connectivity index (χ4v) is 3.14. The van der Waals surface area contributed by atoms with Gasteiger partial charge in [-0.05, 0) is 43.7 Å². The SMILES string of the molecule is CCOCCCC(=O)Nc1ccc(N2C(=O)c3ccccc3C2=O)c(Cl)c1. The summed E-state index contributed by atoms with van der Waals surface area (Å²) in [5, 5.41) is 2.95. The third-order valence-electron chi connectivity index (χ3n) is 4.16. The van der Waals surface area contributed by atoms with Crippen molar-refractivity contribution in [2.24, 2.45) is 0 Å². The Kier molecular flexibility index (Phi) is 5.88. The van der Waals surface area contributed by atoms with Crippen molar-refractivity contribution in [3.63, 3.8) is 0 Å². The fraction of sp³-hybridized carbons (Fsp3) is 0.250. The first-order valence-electron chi connectivity index (χ1n) is 8.68. The van der Waals surface area contributed by atoms with Gasteiger partial charge in [-0.1, -0.05) is 23.7 Å². The van der Waals surface area contributed by atoms with Gasteiger partial charge in [0.1, 0.15) is 0 Å². The number of ether oxygens (including phenoxy) is 1. The predicted molar refractivity (Wildman–Crippen MR) is 103 cm³/mol. The van der Waals surface area contributed by atoms with Crippen LogP contribution in [-0.2, 0) is 9.53 Å². The van der Waals surface area contributed by atoms with Gasteiger partial charge in [0.25, 0.3) is 11.8 Å². The molecule has 2 aromatic carbocycles. The van der Waals surface area contributed by atoms with Gasteiger partial charge in [0.2, 0.25) is 5.91 Å². The van der Waals surface area contributed by atoms with Gasteiger partial charge in [-0.25, -0.2) is 4.90 Å². The van der Waals surface area contributed by atoms with Crippen LogP contribution in [0.5, 0.6) is 0 Å². The van der Waals surface area contributed by atoms with Crippen LogP contribution in [0.2, 0.25) is 5.02 Å². The standard InChI is InChI=1S/C20H19ClN2O4/c1-2-27-11-5-8-18(24)22-13-9-10-17(16(21)12-13)23-19(25)14-6-3-4-7-15(14)20(23)26/h3-4,6-7,9-10,12H,2,5,8,11H2,1H3,(H,22,24). The highest BCUT2D eigenvalue weighted by atomic mass is 35.5. The molecule has 1 aliphatic rings. The van der Waals surface area contributed by atoms with Gasteiger partial charge in [0.05, 0.1) is 21.8 Å². The van der Waals surface area contributed by atoms with E-state index in [0.717, 1.165) is 4.90 Å². The maximum atomic E-state index is 12.6. The molecule has 1 heterocycles. The number of halogens is 1. The van der Waals surface area contributed by atoms with Crippen molar-refractivity contribution in [1.82, 2.24) is 0 Å². The van der Waals surface area contributed by atoms with E-state index in [9.17, 15) is 14.4 Å². The average Bonchev–Trinajstić information content (AvgIpc) is 2.91. The van der Waals surface area contributed by atoms with Crippen molar-refractivity contribution in [2.45, 2.75) is 19.8 Å². The minimum Gasteiger partial charge on any atom is -0.382 e. The minimum atomic E-state index is -0.412. The summed E-state index contributed by atoms with van der Waals surface area (Å²) < 4.78 is 5.20. The number of benzene rings is 2. The number of carbonyl (C=O) groups is 3. The molecule has 27 heavy (non-hydrogen) atoms. The zero-order valence-corrected chi connectivity index (χ0v) is 15.6. The highest BCUT2D eigenvalue weighted by Gasteiger charge is 2.37. The molecule has 0 saturated carbocycles. The van der Waals surface area contributed by atoms with Crippen molar-refractivity contribution in [3.05, 3.63) is 58.6 Å². The molecule has 0 unspecified atom stereocenters. The number of hydrogen-bond donors (Lipinski definition) is 1. The van der Waals surface area contributed by atoms with Crippen LogP contribution in [-0.4, -0.2) is 30.9 Å². The van der Waals surface area contributed by atoms with Crippen LogP contribution in [0.4, 0.5) is 11.4 Å². The Morgan fingerprint density at radius 2 is 1.78 bits per heavy atom. The number of nitrogens with zero attached hydrogens (tertiary/aromatic N) is 1. The summed E-state index contributed by atoms with van der Waals surface area (Å²) in [6.45, 7) is 3.05. The van der Waals surface area contributed by atoms with Gasteiger partial charge in [-0.15, -0.1) is 0 Å². The Hall–Kier alpha value is -2.70. The molecule has 0 fully saturated rings. The van der Waals surface area contributed by atoms with Gasteiger partial charge < -0.3 is 10.1 Å². The first-order chi connectivity index (χ1) is 13.0. The maximum absolute atomic E-state index is 12.6. The number of carbonyl (C=O) groups excluding carboxylic acids is 3. The van der Waals surface area contributed by atoms with Crippen LogP contribution in [0.3, 0.4) is 0 Å². The molecule has 0 aliphatic carbocycles. The molecule has 1 aliphatic heterocycles. The van der Waals surface area contributed by atoms with Crippen LogP contribution in [0.15, 0.2) is 42.5 Å². The highest BCUT2D eigenvalue weighted by molar-refractivity contribution is 6.40. The molecule has 3 rings (SSSR count). The first-order valence-corrected chi connectivity index (χ1v) is 9.05. The lowest BCUT2D eigenvalue weighted by Crippen LogP contribution is -2.29. The van der Waals surface area contributed by atoms with Crippen LogP contribution < -0.4 is 10.2 Å². The van der Waals surface area contributed by atoms with Crippen molar-refractivity contribution < 1.29 is 19.1 Å². The van der Waals surface area contributed by atoms with E-state index in [1.165, 1.54) is 6.07 Å². The third kappa shape index (κ3) is 4.02. The number of nitrogens with one attached hydrogen (secondary N) is 1. The first kappa shape index (κ1) is 19.1. The molecule has 0 saturated heterocycles. The average molecular weight is 387 g/mol. The van der Waals surface area contributed by atoms with Gasteiger partial charge in [0, 0.05) is 25.3 Å². The Morgan fingerprint density at radius 3 is 2.37 bits per heavy atom. The molecule has 0 atom stereocenters. The van der Waals surface area contributed by atoms with E-state index in [1.807, 2.05) is 6.92 Å². The number of anilines is 2. The zero-order valence-electron chi connectivity index (χ0n) is 14.8. The van der Waals surface area contributed by atoms with E-state index in [4.69, 9.17) is 16.3 Å². The topological polar surface area (TPSA) is 75.7 Å². The summed E-state index contributed by atoms with van der Waals surface area (Å²) in [6.07, 6.45) is 0.957. The minimum absolute atomic E-state index is 0.153. The highest BCUT2D eigenvalue weighted by Crippen LogP contribution is 2.34. The number of imide groups is 1. The zero-order chi connectivity index (χ0) is 19.4. The van der Waals surface area contributed by atoms with E-state index >= 15 is 0 Å². The largest absolute Gasteiger partial charge is 0.382 e. The summed E-state index contributed by atoms with van der Waals surface area (Å²) in [4.78, 5) is 38.1. The van der Waals surface area contributed by atoms with Crippen LogP contribution >= 0.6 is 11.6 Å². The maximum Gasteiger partial charge on any atom is 0.266 e. The number of fused-ring (bicyclic) bond motifs is 1. The molecule has 2 aromatic rings. The monoisotopic (exact) mass is 386 g/mol. The molecular formula is C20H19ClN2O4. The number of hydrogen-bond acceptors (Lipinski definition) is 4. The van der Waals surface area contributed by atoms with E-state index in [-0.39, 0.29) is 16.6 Å². The summed E-state index contributed by atoms with van der Waals surface area (Å²) in [5.74, 6) is -0.977.